The van der Waals surface area contributed by atoms with Gasteiger partial charge in [-0.1, -0.05) is 29.3 Å². The Labute approximate surface area is 132 Å². The van der Waals surface area contributed by atoms with Crippen LogP contribution in [0.4, 0.5) is 11.4 Å². The van der Waals surface area contributed by atoms with Gasteiger partial charge in [0, 0.05) is 11.4 Å². The first-order chi connectivity index (χ1) is 10.0. The van der Waals surface area contributed by atoms with Gasteiger partial charge in [-0.25, -0.2) is 0 Å². The fraction of sp³-hybridized carbons (Fsp3) is 0.133. The van der Waals surface area contributed by atoms with Crippen molar-refractivity contribution in [2.75, 3.05) is 17.7 Å². The number of nitrogens with one attached hydrogen (secondary N) is 1. The Balaban J connectivity index is 2.29. The van der Waals surface area contributed by atoms with Crippen molar-refractivity contribution < 1.29 is 9.53 Å². The van der Waals surface area contributed by atoms with Crippen molar-refractivity contribution in [3.8, 4) is 5.75 Å². The fourth-order valence-corrected chi connectivity index (χ4v) is 2.13. The maximum absolute atomic E-state index is 12.4. The van der Waals surface area contributed by atoms with Crippen molar-refractivity contribution in [2.24, 2.45) is 0 Å². The monoisotopic (exact) mass is 324 g/mol. The quantitative estimate of drug-likeness (QED) is 0.827. The summed E-state index contributed by atoms with van der Waals surface area (Å²) in [7, 11) is 0. The number of benzene rings is 2. The first-order valence-corrected chi connectivity index (χ1v) is 7.06. The van der Waals surface area contributed by atoms with Gasteiger partial charge in [-0.15, -0.1) is 0 Å². The van der Waals surface area contributed by atoms with E-state index in [4.69, 9.17) is 33.7 Å². The number of rotatable bonds is 4. The molecule has 3 N–H and O–H groups in total. The van der Waals surface area contributed by atoms with E-state index in [0.29, 0.717) is 39.3 Å². The van der Waals surface area contributed by atoms with E-state index in [1.165, 1.54) is 0 Å². The van der Waals surface area contributed by atoms with Gasteiger partial charge in [0.2, 0.25) is 0 Å². The number of nitrogens with two attached hydrogens (primary N) is 1. The molecule has 0 atom stereocenters. The number of amides is 1. The Morgan fingerprint density at radius 2 is 2.00 bits per heavy atom. The van der Waals surface area contributed by atoms with Crippen LogP contribution in [0.2, 0.25) is 10.0 Å². The van der Waals surface area contributed by atoms with Crippen LogP contribution in [0, 0.1) is 0 Å². The summed E-state index contributed by atoms with van der Waals surface area (Å²) >= 11 is 11.8. The molecule has 0 heterocycles. The Hall–Kier alpha value is -1.91. The zero-order valence-corrected chi connectivity index (χ0v) is 12.8. The fourth-order valence-electron chi connectivity index (χ4n) is 1.83. The lowest BCUT2D eigenvalue weighted by Crippen LogP contribution is -2.15. The number of anilines is 2. The second kappa shape index (κ2) is 6.70. The number of nitrogen functional groups attached to an aromatic ring is 1. The standard InChI is InChI=1S/C15H14Cl2N2O2/c1-2-21-13-5-3-4-12(18)14(13)15(20)19-9-6-7-10(16)11(17)8-9/h3-8H,2,18H2,1H3,(H,19,20). The van der Waals surface area contributed by atoms with Crippen LogP contribution < -0.4 is 15.8 Å². The average Bonchev–Trinajstić information content (AvgIpc) is 2.43. The lowest BCUT2D eigenvalue weighted by atomic mass is 10.1. The maximum atomic E-state index is 12.4. The van der Waals surface area contributed by atoms with Gasteiger partial charge in [-0.3, -0.25) is 4.79 Å². The van der Waals surface area contributed by atoms with Crippen LogP contribution in [0.3, 0.4) is 0 Å². The first-order valence-electron chi connectivity index (χ1n) is 6.30. The van der Waals surface area contributed by atoms with Gasteiger partial charge in [0.15, 0.2) is 0 Å². The second-order valence-corrected chi connectivity index (χ2v) is 5.05. The van der Waals surface area contributed by atoms with Crippen molar-refractivity contribution in [3.05, 3.63) is 52.0 Å². The Morgan fingerprint density at radius 1 is 1.24 bits per heavy atom. The summed E-state index contributed by atoms with van der Waals surface area (Å²) in [5, 5.41) is 3.51. The minimum Gasteiger partial charge on any atom is -0.493 e. The molecule has 21 heavy (non-hydrogen) atoms. The third-order valence-corrected chi connectivity index (χ3v) is 3.50. The first kappa shape index (κ1) is 15.5. The molecular formula is C15H14Cl2N2O2. The highest BCUT2D eigenvalue weighted by Crippen LogP contribution is 2.28. The largest absolute Gasteiger partial charge is 0.493 e. The molecule has 0 fully saturated rings. The van der Waals surface area contributed by atoms with E-state index in [2.05, 4.69) is 5.32 Å². The summed E-state index contributed by atoms with van der Waals surface area (Å²) in [5.74, 6) is 0.0741. The molecular weight excluding hydrogens is 311 g/mol. The molecule has 2 rings (SSSR count). The molecule has 0 aliphatic rings. The van der Waals surface area contributed by atoms with E-state index in [1.807, 2.05) is 6.92 Å². The highest BCUT2D eigenvalue weighted by atomic mass is 35.5. The van der Waals surface area contributed by atoms with Gasteiger partial charge < -0.3 is 15.8 Å². The Morgan fingerprint density at radius 3 is 2.67 bits per heavy atom. The molecule has 0 bridgehead atoms. The zero-order valence-electron chi connectivity index (χ0n) is 11.3. The Kier molecular flexibility index (Phi) is 4.94. The number of hydrogen-bond donors (Lipinski definition) is 2. The number of hydrogen-bond acceptors (Lipinski definition) is 3. The van der Waals surface area contributed by atoms with E-state index in [-0.39, 0.29) is 5.91 Å². The van der Waals surface area contributed by atoms with E-state index >= 15 is 0 Å². The molecule has 0 aromatic heterocycles. The number of ether oxygens (including phenoxy) is 1. The van der Waals surface area contributed by atoms with Crippen LogP contribution in [0.25, 0.3) is 0 Å². The average molecular weight is 325 g/mol. The molecule has 4 nitrogen and oxygen atoms in total. The minimum absolute atomic E-state index is 0.297. The number of halogens is 2. The predicted molar refractivity (Wildman–Crippen MR) is 86.4 cm³/mol. The molecule has 1 amide bonds. The molecule has 0 saturated heterocycles. The van der Waals surface area contributed by atoms with Gasteiger partial charge in [-0.2, -0.15) is 0 Å². The van der Waals surface area contributed by atoms with Crippen LogP contribution in [-0.2, 0) is 0 Å². The highest BCUT2D eigenvalue weighted by molar-refractivity contribution is 6.42. The summed E-state index contributed by atoms with van der Waals surface area (Å²) < 4.78 is 5.43. The van der Waals surface area contributed by atoms with E-state index in [0.717, 1.165) is 0 Å². The number of carbonyl (C=O) groups is 1. The van der Waals surface area contributed by atoms with Gasteiger partial charge in [-0.05, 0) is 37.3 Å². The highest BCUT2D eigenvalue weighted by Gasteiger charge is 2.16. The van der Waals surface area contributed by atoms with Crippen molar-refractivity contribution in [3.63, 3.8) is 0 Å². The van der Waals surface area contributed by atoms with Gasteiger partial charge in [0.1, 0.15) is 11.3 Å². The SMILES string of the molecule is CCOc1cccc(N)c1C(=O)Nc1ccc(Cl)c(Cl)c1. The summed E-state index contributed by atoms with van der Waals surface area (Å²) in [6.45, 7) is 2.28. The smallest absolute Gasteiger partial charge is 0.261 e. The van der Waals surface area contributed by atoms with E-state index in [9.17, 15) is 4.79 Å². The van der Waals surface area contributed by atoms with Crippen LogP contribution in [0.5, 0.6) is 5.75 Å². The lowest BCUT2D eigenvalue weighted by Gasteiger charge is -2.13. The summed E-state index contributed by atoms with van der Waals surface area (Å²) in [6.07, 6.45) is 0. The predicted octanol–water partition coefficient (Wildman–Crippen LogP) is 4.23. The molecule has 110 valence electrons. The van der Waals surface area contributed by atoms with Gasteiger partial charge >= 0.3 is 0 Å². The lowest BCUT2D eigenvalue weighted by molar-refractivity contribution is 0.102. The minimum atomic E-state index is -0.366. The summed E-state index contributed by atoms with van der Waals surface area (Å²) in [6, 6.07) is 9.91. The third kappa shape index (κ3) is 3.60. The van der Waals surface area contributed by atoms with Gasteiger partial charge in [0.25, 0.3) is 5.91 Å². The molecule has 2 aromatic rings. The van der Waals surface area contributed by atoms with Crippen LogP contribution in [-0.4, -0.2) is 12.5 Å². The van der Waals surface area contributed by atoms with Crippen molar-refractivity contribution in [1.82, 2.24) is 0 Å². The van der Waals surface area contributed by atoms with Crippen LogP contribution >= 0.6 is 23.2 Å². The van der Waals surface area contributed by atoms with E-state index in [1.54, 1.807) is 36.4 Å². The molecule has 6 heteroatoms. The van der Waals surface area contributed by atoms with Crippen molar-refractivity contribution in [1.29, 1.82) is 0 Å². The molecule has 2 aromatic carbocycles. The molecule has 0 spiro atoms. The maximum Gasteiger partial charge on any atom is 0.261 e. The summed E-state index contributed by atoms with van der Waals surface area (Å²) in [5.41, 5.74) is 7.04. The molecule has 0 saturated carbocycles. The van der Waals surface area contributed by atoms with E-state index < -0.39 is 0 Å². The molecule has 0 unspecified atom stereocenters. The summed E-state index contributed by atoms with van der Waals surface area (Å²) in [4.78, 5) is 12.4. The number of carbonyl (C=O) groups excluding carboxylic acids is 1. The van der Waals surface area contributed by atoms with Gasteiger partial charge in [0.05, 0.1) is 16.7 Å². The molecule has 0 aliphatic carbocycles. The second-order valence-electron chi connectivity index (χ2n) is 4.24. The molecule has 0 aliphatic heterocycles. The van der Waals surface area contributed by atoms with Crippen LogP contribution in [0.1, 0.15) is 17.3 Å². The Bertz CT molecular complexity index is 675. The topological polar surface area (TPSA) is 64.3 Å². The third-order valence-electron chi connectivity index (χ3n) is 2.76. The van der Waals surface area contributed by atoms with Crippen LogP contribution in [0.15, 0.2) is 36.4 Å². The van der Waals surface area contributed by atoms with Crippen molar-refractivity contribution >= 4 is 40.5 Å². The van der Waals surface area contributed by atoms with Crippen molar-refractivity contribution in [2.45, 2.75) is 6.92 Å². The zero-order chi connectivity index (χ0) is 15.4. The molecule has 0 radical (unpaired) electrons. The normalized spacial score (nSPS) is 10.2.